The van der Waals surface area contributed by atoms with Gasteiger partial charge in [-0.1, -0.05) is 0 Å². The highest BCUT2D eigenvalue weighted by molar-refractivity contribution is 7.96. The third kappa shape index (κ3) is 4.78. The first kappa shape index (κ1) is 13.7. The normalized spacial score (nSPS) is 17.9. The number of hydrogen-bond acceptors (Lipinski definition) is 1. The van der Waals surface area contributed by atoms with Crippen molar-refractivity contribution in [1.29, 1.82) is 0 Å². The molecule has 0 aliphatic heterocycles. The first-order valence-electron chi connectivity index (χ1n) is 3.78. The molecule has 7 heteroatoms. The van der Waals surface area contributed by atoms with Gasteiger partial charge in [-0.05, 0) is 6.42 Å². The molecule has 84 valence electrons. The second-order valence-corrected chi connectivity index (χ2v) is 3.17. The summed E-state index contributed by atoms with van der Waals surface area (Å²) in [5.41, 5.74) is 0. The Morgan fingerprint density at radius 1 is 1.07 bits per heavy atom. The van der Waals surface area contributed by atoms with Gasteiger partial charge in [-0.3, -0.25) is 4.79 Å². The molecular formula is C7H9F5OS. The molecule has 0 saturated heterocycles. The summed E-state index contributed by atoms with van der Waals surface area (Å²) in [4.78, 5) is 10.2. The van der Waals surface area contributed by atoms with E-state index in [-0.39, 0.29) is 0 Å². The van der Waals surface area contributed by atoms with Crippen LogP contribution < -0.4 is 0 Å². The van der Waals surface area contributed by atoms with Crippen LogP contribution in [-0.2, 0) is 4.79 Å². The van der Waals surface area contributed by atoms with Crippen molar-refractivity contribution < 1.29 is 26.7 Å². The number of alkyl halides is 5. The Morgan fingerprint density at radius 2 is 1.57 bits per heavy atom. The van der Waals surface area contributed by atoms with Gasteiger partial charge in [0.25, 0.3) is 6.43 Å². The summed E-state index contributed by atoms with van der Waals surface area (Å²) in [6.07, 6.45) is -13.1. The predicted octanol–water partition coefficient (Wildman–Crippen LogP) is 2.50. The highest BCUT2D eigenvalue weighted by Crippen LogP contribution is 2.21. The van der Waals surface area contributed by atoms with E-state index in [1.165, 1.54) is 0 Å². The fourth-order valence-corrected chi connectivity index (χ4v) is 0.888. The summed E-state index contributed by atoms with van der Waals surface area (Å²) in [7, 11) is 0. The molecule has 3 unspecified atom stereocenters. The van der Waals surface area contributed by atoms with E-state index in [9.17, 15) is 26.7 Å². The minimum atomic E-state index is -3.56. The van der Waals surface area contributed by atoms with Crippen molar-refractivity contribution in [3.63, 3.8) is 0 Å². The molecule has 0 amide bonds. The van der Waals surface area contributed by atoms with Crippen LogP contribution in [0.3, 0.4) is 0 Å². The van der Waals surface area contributed by atoms with E-state index >= 15 is 0 Å². The average molecular weight is 236 g/mol. The first-order chi connectivity index (χ1) is 6.36. The third-order valence-corrected chi connectivity index (χ3v) is 1.75. The van der Waals surface area contributed by atoms with Gasteiger partial charge in [0.05, 0.1) is 0 Å². The molecule has 14 heavy (non-hydrogen) atoms. The van der Waals surface area contributed by atoms with E-state index in [1.54, 1.807) is 0 Å². The summed E-state index contributed by atoms with van der Waals surface area (Å²) < 4.78 is 60.5. The lowest BCUT2D eigenvalue weighted by atomic mass is 10.1. The molecule has 0 aliphatic rings. The zero-order valence-electron chi connectivity index (χ0n) is 6.97. The fraction of sp³-hybridized carbons (Fsp3) is 0.857. The molecule has 0 aromatic rings. The van der Waals surface area contributed by atoms with E-state index in [1.807, 2.05) is 0 Å². The minimum Gasteiger partial charge on any atom is -0.288 e. The molecule has 0 fully saturated rings. The van der Waals surface area contributed by atoms with Crippen molar-refractivity contribution in [3.05, 3.63) is 0 Å². The molecule has 1 nitrogen and oxygen atoms in total. The monoisotopic (exact) mass is 236 g/mol. The molecule has 0 saturated carbocycles. The van der Waals surface area contributed by atoms with Gasteiger partial charge >= 0.3 is 0 Å². The third-order valence-electron chi connectivity index (χ3n) is 1.52. The topological polar surface area (TPSA) is 17.1 Å². The Morgan fingerprint density at radius 3 is 1.93 bits per heavy atom. The fourth-order valence-electron chi connectivity index (χ4n) is 0.759. The quantitative estimate of drug-likeness (QED) is 0.554. The maximum absolute atomic E-state index is 12.6. The highest BCUT2D eigenvalue weighted by atomic mass is 32.1. The Labute approximate surface area is 83.1 Å². The zero-order valence-corrected chi connectivity index (χ0v) is 7.86. The molecule has 0 aliphatic carbocycles. The second-order valence-electron chi connectivity index (χ2n) is 2.67. The Kier molecular flexibility index (Phi) is 6.06. The lowest BCUT2D eigenvalue weighted by molar-refractivity contribution is -0.111. The van der Waals surface area contributed by atoms with Crippen molar-refractivity contribution in [2.24, 2.45) is 0 Å². The van der Waals surface area contributed by atoms with E-state index < -0.39 is 42.9 Å². The summed E-state index contributed by atoms with van der Waals surface area (Å²) in [5, 5.41) is -0.702. The van der Waals surface area contributed by atoms with Crippen molar-refractivity contribution >= 4 is 17.7 Å². The zero-order chi connectivity index (χ0) is 11.3. The van der Waals surface area contributed by atoms with Crippen LogP contribution in [-0.4, -0.2) is 30.1 Å². The number of carbonyl (C=O) groups excluding carboxylic acids is 1. The Bertz CT molecular complexity index is 189. The van der Waals surface area contributed by atoms with Gasteiger partial charge in [-0.25, -0.2) is 22.0 Å². The van der Waals surface area contributed by atoms with Gasteiger partial charge in [0.15, 0.2) is 17.5 Å². The highest BCUT2D eigenvalue weighted by Gasteiger charge is 2.36. The number of halogens is 5. The largest absolute Gasteiger partial charge is 0.288 e. The van der Waals surface area contributed by atoms with Crippen molar-refractivity contribution in [1.82, 2.24) is 0 Å². The van der Waals surface area contributed by atoms with Crippen molar-refractivity contribution in [2.45, 2.75) is 37.8 Å². The maximum atomic E-state index is 12.6. The van der Waals surface area contributed by atoms with Crippen LogP contribution in [0.25, 0.3) is 0 Å². The van der Waals surface area contributed by atoms with Gasteiger partial charge in [-0.2, -0.15) is 0 Å². The van der Waals surface area contributed by atoms with Gasteiger partial charge < -0.3 is 0 Å². The van der Waals surface area contributed by atoms with E-state index in [0.29, 0.717) is 0 Å². The van der Waals surface area contributed by atoms with Crippen LogP contribution in [0.15, 0.2) is 0 Å². The van der Waals surface area contributed by atoms with E-state index in [4.69, 9.17) is 0 Å². The average Bonchev–Trinajstić information content (AvgIpc) is 2.11. The minimum absolute atomic E-state index is 0.416. The standard InChI is InChI=1S/C7H9F5OS/c8-3(1-2-4(13)14)5(9)6(10)7(11)12/h3,5-7H,1-2H2,(H,13,14). The molecule has 0 radical (unpaired) electrons. The van der Waals surface area contributed by atoms with Gasteiger partial charge in [0.1, 0.15) is 6.17 Å². The van der Waals surface area contributed by atoms with Gasteiger partial charge in [-0.15, -0.1) is 12.6 Å². The van der Waals surface area contributed by atoms with Crippen LogP contribution >= 0.6 is 12.6 Å². The molecular weight excluding hydrogens is 227 g/mol. The molecule has 0 bridgehead atoms. The smallest absolute Gasteiger partial charge is 0.272 e. The van der Waals surface area contributed by atoms with Crippen LogP contribution in [0, 0.1) is 0 Å². The van der Waals surface area contributed by atoms with Gasteiger partial charge in [0.2, 0.25) is 0 Å². The van der Waals surface area contributed by atoms with Crippen molar-refractivity contribution in [3.8, 4) is 0 Å². The lowest BCUT2D eigenvalue weighted by Gasteiger charge is -2.16. The predicted molar refractivity (Wildman–Crippen MR) is 43.9 cm³/mol. The number of thiol groups is 1. The maximum Gasteiger partial charge on any atom is 0.272 e. The summed E-state index contributed by atoms with van der Waals surface area (Å²) >= 11 is 3.26. The first-order valence-corrected chi connectivity index (χ1v) is 4.23. The number of hydrogen-bond donors (Lipinski definition) is 1. The molecule has 0 heterocycles. The van der Waals surface area contributed by atoms with Crippen LogP contribution in [0.4, 0.5) is 22.0 Å². The number of rotatable bonds is 6. The van der Waals surface area contributed by atoms with E-state index in [2.05, 4.69) is 12.6 Å². The van der Waals surface area contributed by atoms with Crippen molar-refractivity contribution in [2.75, 3.05) is 0 Å². The summed E-state index contributed by atoms with van der Waals surface area (Å²) in [5.74, 6) is 0. The van der Waals surface area contributed by atoms with Gasteiger partial charge in [0, 0.05) is 6.42 Å². The summed E-state index contributed by atoms with van der Waals surface area (Å²) in [6.45, 7) is 0. The van der Waals surface area contributed by atoms with E-state index in [0.717, 1.165) is 0 Å². The number of carbonyl (C=O) groups is 1. The van der Waals surface area contributed by atoms with Crippen LogP contribution in [0.2, 0.25) is 0 Å². The summed E-state index contributed by atoms with van der Waals surface area (Å²) in [6, 6.07) is 0. The van der Waals surface area contributed by atoms with Crippen LogP contribution in [0.5, 0.6) is 0 Å². The molecule has 3 atom stereocenters. The molecule has 0 rings (SSSR count). The molecule has 0 N–H and O–H groups in total. The Balaban J connectivity index is 3.98. The SMILES string of the molecule is O=C(S)CCC(F)C(F)C(F)C(F)F. The second kappa shape index (κ2) is 6.21. The molecule has 0 aromatic heterocycles. The molecule has 0 aromatic carbocycles. The van der Waals surface area contributed by atoms with Crippen LogP contribution in [0.1, 0.15) is 12.8 Å². The molecule has 0 spiro atoms. The Hall–Kier alpha value is -0.330. The lowest BCUT2D eigenvalue weighted by Crippen LogP contribution is -2.33.